The summed E-state index contributed by atoms with van der Waals surface area (Å²) in [6, 6.07) is 39.8. The molecule has 0 spiro atoms. The lowest BCUT2D eigenvalue weighted by Gasteiger charge is -2.23. The molecule has 0 unspecified atom stereocenters. The van der Waals surface area contributed by atoms with E-state index in [9.17, 15) is 0 Å². The number of ether oxygens (including phenoxy) is 8. The van der Waals surface area contributed by atoms with Gasteiger partial charge in [0.1, 0.15) is 26.4 Å². The Morgan fingerprint density at radius 2 is 0.530 bits per heavy atom. The lowest BCUT2D eigenvalue weighted by molar-refractivity contribution is 0.0929. The van der Waals surface area contributed by atoms with Crippen molar-refractivity contribution >= 4 is 0 Å². The lowest BCUT2D eigenvalue weighted by atomic mass is 9.83. The first-order valence-corrected chi connectivity index (χ1v) is 24.0. The molecule has 6 aromatic carbocycles. The van der Waals surface area contributed by atoms with Crippen LogP contribution in [0.2, 0.25) is 0 Å². The molecule has 0 amide bonds. The van der Waals surface area contributed by atoms with E-state index in [1.165, 1.54) is 66.8 Å². The molecule has 0 aromatic heterocycles. The van der Waals surface area contributed by atoms with Crippen molar-refractivity contribution in [2.75, 3.05) is 79.3 Å². The number of hydrogen-bond acceptors (Lipinski definition) is 8. The summed E-state index contributed by atoms with van der Waals surface area (Å²) >= 11 is 0. The smallest absolute Gasteiger partial charge is 0.161 e. The minimum atomic E-state index is 0.424. The number of aryl methyl sites for hydroxylation is 2. The van der Waals surface area contributed by atoms with E-state index in [1.807, 2.05) is 24.3 Å². The zero-order chi connectivity index (χ0) is 44.9. The molecule has 66 heavy (non-hydrogen) atoms. The Morgan fingerprint density at radius 3 is 0.803 bits per heavy atom. The highest BCUT2D eigenvalue weighted by molar-refractivity contribution is 5.51. The Hall–Kier alpha value is -5.64. The molecule has 4 aliphatic heterocycles. The van der Waals surface area contributed by atoms with Crippen LogP contribution in [0.1, 0.15) is 77.9 Å². The van der Waals surface area contributed by atoms with Gasteiger partial charge in [0.25, 0.3) is 0 Å². The summed E-state index contributed by atoms with van der Waals surface area (Å²) in [7, 11) is 0. The second-order valence-corrected chi connectivity index (χ2v) is 17.7. The third-order valence-corrected chi connectivity index (χ3v) is 13.1. The second kappa shape index (κ2) is 22.7. The van der Waals surface area contributed by atoms with Crippen molar-refractivity contribution in [1.82, 2.24) is 0 Å². The normalized spacial score (nSPS) is 16.9. The largest absolute Gasteiger partial charge is 0.487 e. The van der Waals surface area contributed by atoms with Gasteiger partial charge in [0, 0.05) is 0 Å². The predicted molar refractivity (Wildman–Crippen MR) is 259 cm³/mol. The molecule has 5 aliphatic rings. The quantitative estimate of drug-likeness (QED) is 0.149. The molecular formula is C58H64O8. The zero-order valence-electron chi connectivity index (χ0n) is 38.8. The Kier molecular flexibility index (Phi) is 15.7. The third kappa shape index (κ3) is 11.7. The first-order valence-electron chi connectivity index (χ1n) is 24.0. The average molecular weight is 889 g/mol. The maximum Gasteiger partial charge on any atom is 0.161 e. The van der Waals surface area contributed by atoms with Crippen molar-refractivity contribution in [2.45, 2.75) is 65.2 Å². The van der Waals surface area contributed by atoms with E-state index in [1.54, 1.807) is 0 Å². The topological polar surface area (TPSA) is 73.8 Å². The van der Waals surface area contributed by atoms with Crippen molar-refractivity contribution in [3.63, 3.8) is 0 Å². The van der Waals surface area contributed by atoms with E-state index >= 15 is 0 Å². The lowest BCUT2D eigenvalue weighted by Crippen LogP contribution is -2.14. The van der Waals surface area contributed by atoms with E-state index in [-0.39, 0.29) is 0 Å². The summed E-state index contributed by atoms with van der Waals surface area (Å²) in [6.07, 6.45) is 6.40. The molecule has 0 radical (unpaired) electrons. The summed E-state index contributed by atoms with van der Waals surface area (Å²) in [5.74, 6) is 2.90. The molecule has 6 aromatic rings. The van der Waals surface area contributed by atoms with Crippen molar-refractivity contribution in [3.05, 3.63) is 187 Å². The van der Waals surface area contributed by atoms with Gasteiger partial charge < -0.3 is 37.9 Å². The minimum Gasteiger partial charge on any atom is -0.487 e. The Balaban J connectivity index is 1.14. The molecule has 8 nitrogen and oxygen atoms in total. The summed E-state index contributed by atoms with van der Waals surface area (Å²) < 4.78 is 50.6. The van der Waals surface area contributed by atoms with Crippen LogP contribution in [0, 0.1) is 13.8 Å². The van der Waals surface area contributed by atoms with Gasteiger partial charge >= 0.3 is 0 Å². The van der Waals surface area contributed by atoms with E-state index in [2.05, 4.69) is 98.8 Å². The molecule has 1 aliphatic carbocycles. The first-order chi connectivity index (χ1) is 32.6. The van der Waals surface area contributed by atoms with Crippen LogP contribution in [0.4, 0.5) is 0 Å². The van der Waals surface area contributed by atoms with Crippen molar-refractivity contribution in [1.29, 1.82) is 0 Å². The van der Waals surface area contributed by atoms with Gasteiger partial charge in [-0.25, -0.2) is 0 Å². The average Bonchev–Trinajstić information content (AvgIpc) is 3.31. The highest BCUT2D eigenvalue weighted by Gasteiger charge is 2.20. The van der Waals surface area contributed by atoms with Crippen molar-refractivity contribution in [3.8, 4) is 23.0 Å². The second-order valence-electron chi connectivity index (χ2n) is 17.7. The molecule has 0 saturated heterocycles. The van der Waals surface area contributed by atoms with Gasteiger partial charge in [0.05, 0.1) is 52.9 Å². The summed E-state index contributed by atoms with van der Waals surface area (Å²) in [5.41, 5.74) is 18.3. The summed E-state index contributed by atoms with van der Waals surface area (Å²) in [4.78, 5) is 0. The number of hydrogen-bond donors (Lipinski definition) is 0. The van der Waals surface area contributed by atoms with E-state index in [0.29, 0.717) is 79.3 Å². The minimum absolute atomic E-state index is 0.424. The molecule has 12 bridgehead atoms. The maximum absolute atomic E-state index is 6.39. The highest BCUT2D eigenvalue weighted by atomic mass is 16.6. The maximum atomic E-state index is 6.39. The van der Waals surface area contributed by atoms with Crippen LogP contribution in [0.3, 0.4) is 0 Å². The van der Waals surface area contributed by atoms with Crippen LogP contribution in [-0.2, 0) is 70.3 Å². The fourth-order valence-electron chi connectivity index (χ4n) is 9.82. The summed E-state index contributed by atoms with van der Waals surface area (Å²) in [6.45, 7) is 10.0. The predicted octanol–water partition coefficient (Wildman–Crippen LogP) is 10.2. The zero-order valence-corrected chi connectivity index (χ0v) is 38.8. The Labute approximate surface area is 391 Å². The Bertz CT molecular complexity index is 2390. The monoisotopic (exact) mass is 888 g/mol. The molecule has 11 rings (SSSR count). The van der Waals surface area contributed by atoms with Crippen LogP contribution in [0.5, 0.6) is 23.0 Å². The van der Waals surface area contributed by atoms with E-state index in [4.69, 9.17) is 37.9 Å². The molecule has 0 atom stereocenters. The molecular weight excluding hydrogens is 825 g/mol. The molecule has 0 fully saturated rings. The summed E-state index contributed by atoms with van der Waals surface area (Å²) in [5, 5.41) is 0. The van der Waals surface area contributed by atoms with Crippen LogP contribution < -0.4 is 18.9 Å². The SMILES string of the molecule is Cc1ccc2c(c1)OCCOCCc1c3cccc1Cc1cccc4c1CCOCCOc1cc(C)ccc1OCCOCCc1c(cccc1C3)Cc1cccc(c1CCOCCO2)C4. The number of rotatable bonds is 0. The van der Waals surface area contributed by atoms with E-state index < -0.39 is 0 Å². The third-order valence-electron chi connectivity index (χ3n) is 13.1. The number of fused-ring (bicyclic) bond motifs is 20. The molecule has 4 heterocycles. The first kappa shape index (κ1) is 45.5. The van der Waals surface area contributed by atoms with Crippen LogP contribution >= 0.6 is 0 Å². The van der Waals surface area contributed by atoms with Crippen LogP contribution in [0.25, 0.3) is 0 Å². The standard InChI is InChI=1S/C58H64O8/c1-41-15-17-55-57(35-41)65-33-29-61-25-21-53-47-11-5-13-49(53)40-50-14-6-12-48-39-45-9-3-7-43(51(45)19-23-59-27-31-63-55)37-44-8-4-10-46(38-47)52(44)20-24-60-28-32-64-56-18-16-42(2)36-58(56)66-34-30-62-26-22-54(48)50/h3-18,35-36H,19-34,37-40H2,1-2H3. The molecule has 0 N–H and O–H groups in total. The highest BCUT2D eigenvalue weighted by Crippen LogP contribution is 2.33. The van der Waals surface area contributed by atoms with Crippen LogP contribution in [-0.4, -0.2) is 79.3 Å². The van der Waals surface area contributed by atoms with Crippen LogP contribution in [0.15, 0.2) is 109 Å². The van der Waals surface area contributed by atoms with Gasteiger partial charge in [-0.1, -0.05) is 84.9 Å². The van der Waals surface area contributed by atoms with Gasteiger partial charge in [-0.05, 0) is 167 Å². The van der Waals surface area contributed by atoms with Crippen molar-refractivity contribution < 1.29 is 37.9 Å². The van der Waals surface area contributed by atoms with Gasteiger partial charge in [-0.15, -0.1) is 0 Å². The van der Waals surface area contributed by atoms with Gasteiger partial charge in [0.2, 0.25) is 0 Å². The van der Waals surface area contributed by atoms with E-state index in [0.717, 1.165) is 85.5 Å². The van der Waals surface area contributed by atoms with Crippen molar-refractivity contribution in [2.24, 2.45) is 0 Å². The number of benzene rings is 6. The fourth-order valence-corrected chi connectivity index (χ4v) is 9.82. The Morgan fingerprint density at radius 1 is 0.273 bits per heavy atom. The fraction of sp³-hybridized carbons (Fsp3) is 0.379. The van der Waals surface area contributed by atoms with Gasteiger partial charge in [0.15, 0.2) is 23.0 Å². The molecule has 344 valence electrons. The van der Waals surface area contributed by atoms with Gasteiger partial charge in [-0.2, -0.15) is 0 Å². The molecule has 8 heteroatoms. The molecule has 0 saturated carbocycles. The van der Waals surface area contributed by atoms with Gasteiger partial charge in [-0.3, -0.25) is 0 Å².